The third-order valence-electron chi connectivity index (χ3n) is 3.27. The Hall–Kier alpha value is -3.81. The third kappa shape index (κ3) is 4.43. The maximum Gasteiger partial charge on any atom is 0.422 e. The largest absolute Gasteiger partial charge is 0.507 e. The first-order chi connectivity index (χ1) is 12.9. The number of phenols is 1. The predicted molar refractivity (Wildman–Crippen MR) is 87.3 cm³/mol. The zero-order chi connectivity index (χ0) is 19.4. The van der Waals surface area contributed by atoms with Gasteiger partial charge in [0.05, 0.1) is 23.7 Å². The number of nitrogens with zero attached hydrogens (tertiary/aromatic N) is 4. The van der Waals surface area contributed by atoms with E-state index in [1.807, 2.05) is 6.07 Å². The molecule has 0 saturated carbocycles. The summed E-state index contributed by atoms with van der Waals surface area (Å²) < 4.78 is 42.1. The number of nitriles is 1. The van der Waals surface area contributed by atoms with Gasteiger partial charge >= 0.3 is 6.18 Å². The summed E-state index contributed by atoms with van der Waals surface area (Å²) in [6.07, 6.45) is -1.93. The molecule has 0 spiro atoms. The Labute approximate surface area is 150 Å². The molecule has 0 saturated heterocycles. The van der Waals surface area contributed by atoms with Crippen LogP contribution in [0.5, 0.6) is 11.5 Å². The minimum Gasteiger partial charge on any atom is -0.507 e. The molecule has 11 heteroatoms. The molecule has 27 heavy (non-hydrogen) atoms. The number of H-pyrrole nitrogens is 1. The Balaban J connectivity index is 1.84. The summed E-state index contributed by atoms with van der Waals surface area (Å²) in [7, 11) is 0. The highest BCUT2D eigenvalue weighted by atomic mass is 19.4. The van der Waals surface area contributed by atoms with E-state index in [0.29, 0.717) is 5.82 Å². The van der Waals surface area contributed by atoms with Crippen molar-refractivity contribution in [3.05, 3.63) is 42.4 Å². The van der Waals surface area contributed by atoms with Crippen LogP contribution in [0.15, 0.2) is 36.7 Å². The van der Waals surface area contributed by atoms with Crippen molar-refractivity contribution in [1.82, 2.24) is 20.2 Å². The third-order valence-corrected chi connectivity index (χ3v) is 3.27. The normalized spacial score (nSPS) is 11.0. The lowest BCUT2D eigenvalue weighted by molar-refractivity contribution is -0.153. The van der Waals surface area contributed by atoms with Crippen LogP contribution in [0.1, 0.15) is 5.69 Å². The van der Waals surface area contributed by atoms with Crippen LogP contribution in [0.2, 0.25) is 0 Å². The number of aromatic amines is 1. The molecule has 0 unspecified atom stereocenters. The Kier molecular flexibility index (Phi) is 4.80. The molecule has 2 heterocycles. The lowest BCUT2D eigenvalue weighted by Gasteiger charge is -2.13. The molecule has 0 aliphatic heterocycles. The highest BCUT2D eigenvalue weighted by Gasteiger charge is 2.29. The van der Waals surface area contributed by atoms with Gasteiger partial charge in [-0.25, -0.2) is 9.97 Å². The number of ether oxygens (including phenoxy) is 1. The fourth-order valence-electron chi connectivity index (χ4n) is 2.17. The first-order valence-corrected chi connectivity index (χ1v) is 7.42. The average molecular weight is 376 g/mol. The molecule has 1 aromatic carbocycles. The minimum atomic E-state index is -4.52. The monoisotopic (exact) mass is 376 g/mol. The van der Waals surface area contributed by atoms with Gasteiger partial charge in [0.25, 0.3) is 0 Å². The highest BCUT2D eigenvalue weighted by molar-refractivity contribution is 5.76. The zero-order valence-electron chi connectivity index (χ0n) is 13.4. The molecule has 0 aliphatic rings. The number of hydrogen-bond acceptors (Lipinski definition) is 7. The Morgan fingerprint density at radius 2 is 2.04 bits per heavy atom. The molecule has 8 nitrogen and oxygen atoms in total. The second-order valence-electron chi connectivity index (χ2n) is 5.24. The van der Waals surface area contributed by atoms with E-state index in [2.05, 4.69) is 25.5 Å². The SMILES string of the molecule is N#Cc1cnc(Nc2cc(-c3c(O)cccc3OCC(F)(F)F)[nH]n2)cn1. The summed E-state index contributed by atoms with van der Waals surface area (Å²) in [5, 5.41) is 28.1. The van der Waals surface area contributed by atoms with Crippen LogP contribution < -0.4 is 10.1 Å². The van der Waals surface area contributed by atoms with Crippen molar-refractivity contribution in [1.29, 1.82) is 5.26 Å². The molecular weight excluding hydrogens is 365 g/mol. The summed E-state index contributed by atoms with van der Waals surface area (Å²) in [5.41, 5.74) is 0.409. The maximum atomic E-state index is 12.4. The lowest BCUT2D eigenvalue weighted by atomic mass is 10.1. The lowest BCUT2D eigenvalue weighted by Crippen LogP contribution is -2.19. The molecule has 3 N–H and O–H groups in total. The van der Waals surface area contributed by atoms with Gasteiger partial charge in [-0.1, -0.05) is 6.07 Å². The van der Waals surface area contributed by atoms with Crippen molar-refractivity contribution in [2.45, 2.75) is 6.18 Å². The first kappa shape index (κ1) is 18.0. The van der Waals surface area contributed by atoms with E-state index in [4.69, 9.17) is 10.00 Å². The molecule has 0 amide bonds. The molecule has 3 rings (SSSR count). The number of aromatic hydroxyl groups is 1. The van der Waals surface area contributed by atoms with E-state index in [1.165, 1.54) is 36.7 Å². The topological polar surface area (TPSA) is 120 Å². The number of aromatic nitrogens is 4. The van der Waals surface area contributed by atoms with Gasteiger partial charge < -0.3 is 15.2 Å². The van der Waals surface area contributed by atoms with Crippen LogP contribution in [-0.2, 0) is 0 Å². The molecule has 0 radical (unpaired) electrons. The molecule has 2 aromatic heterocycles. The summed E-state index contributed by atoms with van der Waals surface area (Å²) in [6.45, 7) is -1.50. The van der Waals surface area contributed by atoms with Crippen LogP contribution in [0, 0.1) is 11.3 Å². The molecule has 138 valence electrons. The van der Waals surface area contributed by atoms with Crippen molar-refractivity contribution in [3.63, 3.8) is 0 Å². The van der Waals surface area contributed by atoms with Gasteiger partial charge in [-0.3, -0.25) is 5.10 Å². The minimum absolute atomic E-state index is 0.0354. The summed E-state index contributed by atoms with van der Waals surface area (Å²) >= 11 is 0. The maximum absolute atomic E-state index is 12.4. The van der Waals surface area contributed by atoms with Crippen molar-refractivity contribution < 1.29 is 23.0 Å². The van der Waals surface area contributed by atoms with E-state index in [9.17, 15) is 18.3 Å². The molecule has 0 fully saturated rings. The second kappa shape index (κ2) is 7.20. The van der Waals surface area contributed by atoms with E-state index in [-0.39, 0.29) is 34.3 Å². The molecular formula is C16H11F3N6O2. The van der Waals surface area contributed by atoms with Crippen molar-refractivity contribution >= 4 is 11.6 Å². The Bertz CT molecular complexity index is 979. The predicted octanol–water partition coefficient (Wildman–Crippen LogP) is 3.13. The summed E-state index contributed by atoms with van der Waals surface area (Å²) in [6, 6.07) is 7.28. The fraction of sp³-hybridized carbons (Fsp3) is 0.125. The Morgan fingerprint density at radius 3 is 2.70 bits per heavy atom. The van der Waals surface area contributed by atoms with Gasteiger partial charge in [-0.05, 0) is 12.1 Å². The standard InChI is InChI=1S/C16H11F3N6O2/c17-16(18,19)8-27-12-3-1-2-11(26)15(12)10-4-13(25-24-10)23-14-7-21-9(5-20)6-22-14/h1-4,6-7,26H,8H2,(H2,22,23,24,25). The molecule has 0 bridgehead atoms. The number of halogens is 3. The fourth-order valence-corrected chi connectivity index (χ4v) is 2.17. The van der Waals surface area contributed by atoms with E-state index >= 15 is 0 Å². The number of anilines is 2. The number of nitrogens with one attached hydrogen (secondary N) is 2. The van der Waals surface area contributed by atoms with Crippen molar-refractivity contribution in [2.75, 3.05) is 11.9 Å². The smallest absolute Gasteiger partial charge is 0.422 e. The van der Waals surface area contributed by atoms with Crippen molar-refractivity contribution in [3.8, 4) is 28.8 Å². The number of benzene rings is 1. The summed E-state index contributed by atoms with van der Waals surface area (Å²) in [4.78, 5) is 7.81. The quantitative estimate of drug-likeness (QED) is 0.626. The van der Waals surface area contributed by atoms with Crippen LogP contribution in [-0.4, -0.2) is 38.1 Å². The van der Waals surface area contributed by atoms with Gasteiger partial charge in [0.15, 0.2) is 18.1 Å². The van der Waals surface area contributed by atoms with Gasteiger partial charge in [-0.15, -0.1) is 0 Å². The van der Waals surface area contributed by atoms with E-state index < -0.39 is 12.8 Å². The number of hydrogen-bond donors (Lipinski definition) is 3. The van der Waals surface area contributed by atoms with E-state index in [1.54, 1.807) is 0 Å². The van der Waals surface area contributed by atoms with Gasteiger partial charge in [0.2, 0.25) is 0 Å². The molecule has 0 aliphatic carbocycles. The highest BCUT2D eigenvalue weighted by Crippen LogP contribution is 2.38. The zero-order valence-corrected chi connectivity index (χ0v) is 13.4. The van der Waals surface area contributed by atoms with Crippen LogP contribution in [0.25, 0.3) is 11.3 Å². The first-order valence-electron chi connectivity index (χ1n) is 7.42. The molecule has 0 atom stereocenters. The Morgan fingerprint density at radius 1 is 1.22 bits per heavy atom. The number of alkyl halides is 3. The van der Waals surface area contributed by atoms with Crippen LogP contribution in [0.3, 0.4) is 0 Å². The number of phenolic OH excluding ortho intramolecular Hbond substituents is 1. The van der Waals surface area contributed by atoms with Crippen LogP contribution in [0.4, 0.5) is 24.8 Å². The number of rotatable bonds is 5. The van der Waals surface area contributed by atoms with Gasteiger partial charge in [0.1, 0.15) is 23.4 Å². The molecule has 3 aromatic rings. The summed E-state index contributed by atoms with van der Waals surface area (Å²) in [5.74, 6) is 0.149. The van der Waals surface area contributed by atoms with Crippen LogP contribution >= 0.6 is 0 Å². The second-order valence-corrected chi connectivity index (χ2v) is 5.24. The van der Waals surface area contributed by atoms with Crippen molar-refractivity contribution in [2.24, 2.45) is 0 Å². The van der Waals surface area contributed by atoms with Gasteiger partial charge in [-0.2, -0.15) is 23.5 Å². The van der Waals surface area contributed by atoms with Gasteiger partial charge in [0, 0.05) is 6.07 Å². The van der Waals surface area contributed by atoms with E-state index in [0.717, 1.165) is 0 Å². The average Bonchev–Trinajstić information content (AvgIpc) is 3.08.